The van der Waals surface area contributed by atoms with Crippen molar-refractivity contribution in [1.82, 2.24) is 10.6 Å². The molecule has 1 atom stereocenters. The van der Waals surface area contributed by atoms with Crippen LogP contribution in [0.25, 0.3) is 0 Å². The molecule has 0 unspecified atom stereocenters. The highest BCUT2D eigenvalue weighted by Gasteiger charge is 2.28. The van der Waals surface area contributed by atoms with Crippen LogP contribution in [-0.4, -0.2) is 36.2 Å². The van der Waals surface area contributed by atoms with Gasteiger partial charge in [-0.05, 0) is 25.0 Å². The SMILES string of the molecule is O=C(CCNC(=O)[C@@H]1CC(c2cccc(F)c2)=NO1)NC1CCCCC1. The summed E-state index contributed by atoms with van der Waals surface area (Å²) >= 11 is 0. The fourth-order valence-corrected chi connectivity index (χ4v) is 3.32. The summed E-state index contributed by atoms with van der Waals surface area (Å²) in [5.41, 5.74) is 1.15. The molecule has 2 amide bonds. The van der Waals surface area contributed by atoms with E-state index in [1.54, 1.807) is 12.1 Å². The normalized spacial score (nSPS) is 20.2. The van der Waals surface area contributed by atoms with Gasteiger partial charge in [-0.25, -0.2) is 4.39 Å². The average Bonchev–Trinajstić information content (AvgIpc) is 3.13. The molecule has 140 valence electrons. The minimum Gasteiger partial charge on any atom is -0.382 e. The lowest BCUT2D eigenvalue weighted by Gasteiger charge is -2.22. The first-order chi connectivity index (χ1) is 12.6. The molecule has 0 saturated heterocycles. The smallest absolute Gasteiger partial charge is 0.264 e. The summed E-state index contributed by atoms with van der Waals surface area (Å²) in [7, 11) is 0. The van der Waals surface area contributed by atoms with Crippen LogP contribution in [-0.2, 0) is 14.4 Å². The van der Waals surface area contributed by atoms with Gasteiger partial charge in [-0.3, -0.25) is 9.59 Å². The number of hydrogen-bond donors (Lipinski definition) is 2. The largest absolute Gasteiger partial charge is 0.382 e. The van der Waals surface area contributed by atoms with E-state index < -0.39 is 6.10 Å². The van der Waals surface area contributed by atoms with Gasteiger partial charge in [0, 0.05) is 31.0 Å². The van der Waals surface area contributed by atoms with Gasteiger partial charge in [-0.1, -0.05) is 36.6 Å². The van der Waals surface area contributed by atoms with Crippen LogP contribution in [0.15, 0.2) is 29.4 Å². The number of nitrogens with zero attached hydrogens (tertiary/aromatic N) is 1. The van der Waals surface area contributed by atoms with Crippen LogP contribution in [0.4, 0.5) is 4.39 Å². The number of rotatable bonds is 6. The number of carbonyl (C=O) groups excluding carboxylic acids is 2. The lowest BCUT2D eigenvalue weighted by atomic mass is 9.95. The summed E-state index contributed by atoms with van der Waals surface area (Å²) in [5.74, 6) is -0.714. The van der Waals surface area contributed by atoms with Crippen molar-refractivity contribution in [3.8, 4) is 0 Å². The van der Waals surface area contributed by atoms with Gasteiger partial charge in [0.15, 0.2) is 0 Å². The predicted molar refractivity (Wildman–Crippen MR) is 95.1 cm³/mol. The third-order valence-electron chi connectivity index (χ3n) is 4.74. The third kappa shape index (κ3) is 5.03. The molecule has 0 bridgehead atoms. The van der Waals surface area contributed by atoms with Crippen LogP contribution in [0.5, 0.6) is 0 Å². The van der Waals surface area contributed by atoms with E-state index in [-0.39, 0.29) is 43.1 Å². The maximum atomic E-state index is 13.3. The minimum atomic E-state index is -0.741. The fraction of sp³-hybridized carbons (Fsp3) is 0.526. The molecular weight excluding hydrogens is 337 g/mol. The second kappa shape index (κ2) is 8.78. The Bertz CT molecular complexity index is 686. The molecule has 1 saturated carbocycles. The highest BCUT2D eigenvalue weighted by atomic mass is 19.1. The molecule has 7 heteroatoms. The summed E-state index contributed by atoms with van der Waals surface area (Å²) in [5, 5.41) is 9.60. The lowest BCUT2D eigenvalue weighted by molar-refractivity contribution is -0.131. The van der Waals surface area contributed by atoms with E-state index in [0.717, 1.165) is 25.7 Å². The molecule has 1 fully saturated rings. The molecule has 1 aliphatic heterocycles. The number of amides is 2. The van der Waals surface area contributed by atoms with Gasteiger partial charge < -0.3 is 15.5 Å². The summed E-state index contributed by atoms with van der Waals surface area (Å²) in [6.45, 7) is 0.256. The second-order valence-corrected chi connectivity index (χ2v) is 6.79. The molecule has 1 aromatic carbocycles. The van der Waals surface area contributed by atoms with E-state index in [1.807, 2.05) is 0 Å². The first-order valence-corrected chi connectivity index (χ1v) is 9.17. The zero-order chi connectivity index (χ0) is 18.4. The van der Waals surface area contributed by atoms with Crippen molar-refractivity contribution in [3.05, 3.63) is 35.6 Å². The van der Waals surface area contributed by atoms with E-state index in [2.05, 4.69) is 15.8 Å². The lowest BCUT2D eigenvalue weighted by Crippen LogP contribution is -2.40. The van der Waals surface area contributed by atoms with Crippen LogP contribution in [0, 0.1) is 5.82 Å². The minimum absolute atomic E-state index is 0.0405. The van der Waals surface area contributed by atoms with Crippen molar-refractivity contribution in [1.29, 1.82) is 0 Å². The van der Waals surface area contributed by atoms with Crippen LogP contribution < -0.4 is 10.6 Å². The van der Waals surface area contributed by atoms with E-state index in [4.69, 9.17) is 4.84 Å². The van der Waals surface area contributed by atoms with Gasteiger partial charge in [-0.2, -0.15) is 0 Å². The number of hydrogen-bond acceptors (Lipinski definition) is 4. The monoisotopic (exact) mass is 361 g/mol. The maximum absolute atomic E-state index is 13.3. The van der Waals surface area contributed by atoms with Gasteiger partial charge in [0.05, 0.1) is 5.71 Å². The molecule has 6 nitrogen and oxygen atoms in total. The van der Waals surface area contributed by atoms with Crippen molar-refractivity contribution in [3.63, 3.8) is 0 Å². The van der Waals surface area contributed by atoms with Crippen LogP contribution in [0.1, 0.15) is 50.5 Å². The molecular formula is C19H24FN3O3. The Kier molecular flexibility index (Phi) is 6.20. The van der Waals surface area contributed by atoms with E-state index in [9.17, 15) is 14.0 Å². The Labute approximate surface area is 152 Å². The number of benzene rings is 1. The predicted octanol–water partition coefficient (Wildman–Crippen LogP) is 2.27. The quantitative estimate of drug-likeness (QED) is 0.816. The van der Waals surface area contributed by atoms with Crippen LogP contribution >= 0.6 is 0 Å². The summed E-state index contributed by atoms with van der Waals surface area (Å²) in [6.07, 6.45) is 5.42. The highest BCUT2D eigenvalue weighted by molar-refractivity contribution is 6.04. The van der Waals surface area contributed by atoms with Crippen LogP contribution in [0.3, 0.4) is 0 Å². The molecule has 0 radical (unpaired) electrons. The summed E-state index contributed by atoms with van der Waals surface area (Å²) < 4.78 is 13.3. The molecule has 0 aromatic heterocycles. The Morgan fingerprint density at radius 1 is 1.23 bits per heavy atom. The van der Waals surface area contributed by atoms with Gasteiger partial charge >= 0.3 is 0 Å². The zero-order valence-electron chi connectivity index (χ0n) is 14.7. The van der Waals surface area contributed by atoms with Crippen LogP contribution in [0.2, 0.25) is 0 Å². The van der Waals surface area contributed by atoms with Crippen molar-refractivity contribution < 1.29 is 18.8 Å². The Morgan fingerprint density at radius 3 is 2.81 bits per heavy atom. The Balaban J connectivity index is 1.37. The second-order valence-electron chi connectivity index (χ2n) is 6.79. The molecule has 1 heterocycles. The molecule has 2 N–H and O–H groups in total. The molecule has 26 heavy (non-hydrogen) atoms. The van der Waals surface area contributed by atoms with Crippen molar-refractivity contribution in [2.75, 3.05) is 6.54 Å². The first kappa shape index (κ1) is 18.4. The number of carbonyl (C=O) groups is 2. The van der Waals surface area contributed by atoms with Gasteiger partial charge in [-0.15, -0.1) is 0 Å². The van der Waals surface area contributed by atoms with Gasteiger partial charge in [0.25, 0.3) is 5.91 Å². The molecule has 3 rings (SSSR count). The van der Waals surface area contributed by atoms with E-state index >= 15 is 0 Å². The standard InChI is InChI=1S/C19H24FN3O3/c20-14-6-4-5-13(11-14)16-12-17(26-23-16)19(25)21-10-9-18(24)22-15-7-2-1-3-8-15/h4-6,11,15,17H,1-3,7-10,12H2,(H,21,25)(H,22,24)/t17-/m0/s1. The molecule has 0 spiro atoms. The van der Waals surface area contributed by atoms with Crippen molar-refractivity contribution in [2.45, 2.75) is 57.1 Å². The third-order valence-corrected chi connectivity index (χ3v) is 4.74. The van der Waals surface area contributed by atoms with Crippen molar-refractivity contribution >= 4 is 17.5 Å². The van der Waals surface area contributed by atoms with Crippen molar-refractivity contribution in [2.24, 2.45) is 5.16 Å². The highest BCUT2D eigenvalue weighted by Crippen LogP contribution is 2.18. The number of nitrogens with one attached hydrogen (secondary N) is 2. The zero-order valence-corrected chi connectivity index (χ0v) is 14.7. The van der Waals surface area contributed by atoms with Gasteiger partial charge in [0.2, 0.25) is 12.0 Å². The Hall–Kier alpha value is -2.44. The maximum Gasteiger partial charge on any atom is 0.264 e. The molecule has 2 aliphatic rings. The molecule has 1 aliphatic carbocycles. The first-order valence-electron chi connectivity index (χ1n) is 9.17. The summed E-state index contributed by atoms with van der Waals surface area (Å²) in [4.78, 5) is 29.2. The molecule has 1 aromatic rings. The fourth-order valence-electron chi connectivity index (χ4n) is 3.32. The number of halogens is 1. The summed E-state index contributed by atoms with van der Waals surface area (Å²) in [6, 6.07) is 6.29. The average molecular weight is 361 g/mol. The van der Waals surface area contributed by atoms with E-state index in [1.165, 1.54) is 18.6 Å². The topological polar surface area (TPSA) is 79.8 Å². The number of oxime groups is 1. The Morgan fingerprint density at radius 2 is 2.04 bits per heavy atom. The van der Waals surface area contributed by atoms with E-state index in [0.29, 0.717) is 11.3 Å². The van der Waals surface area contributed by atoms with Gasteiger partial charge in [0.1, 0.15) is 5.82 Å².